The largest absolute Gasteiger partial charge is 0.294 e. The van der Waals surface area contributed by atoms with E-state index in [2.05, 4.69) is 0 Å². The Balaban J connectivity index is 2.02. The summed E-state index contributed by atoms with van der Waals surface area (Å²) in [7, 11) is 0. The fourth-order valence-electron chi connectivity index (χ4n) is 2.16. The van der Waals surface area contributed by atoms with E-state index in [-0.39, 0.29) is 23.0 Å². The highest BCUT2D eigenvalue weighted by Gasteiger charge is 2.19. The average Bonchev–Trinajstić information content (AvgIpc) is 2.42. The van der Waals surface area contributed by atoms with Crippen molar-refractivity contribution in [1.29, 1.82) is 0 Å². The van der Waals surface area contributed by atoms with Crippen molar-refractivity contribution in [3.8, 4) is 0 Å². The Kier molecular flexibility index (Phi) is 3.83. The van der Waals surface area contributed by atoms with Crippen molar-refractivity contribution in [3.05, 3.63) is 70.3 Å². The lowest BCUT2D eigenvalue weighted by Gasteiger charge is -2.17. The maximum atomic E-state index is 13.4. The Morgan fingerprint density at radius 3 is 2.52 bits per heavy atom. The first kappa shape index (κ1) is 14.3. The molecule has 1 aliphatic rings. The zero-order valence-corrected chi connectivity index (χ0v) is 12.3. The molecule has 1 aliphatic carbocycles. The van der Waals surface area contributed by atoms with Crippen LogP contribution in [0.25, 0.3) is 4.91 Å². The van der Waals surface area contributed by atoms with Crippen LogP contribution in [-0.2, 0) is 11.2 Å². The van der Waals surface area contributed by atoms with Gasteiger partial charge in [-0.2, -0.15) is 0 Å². The normalized spacial score (nSPS) is 13.9. The highest BCUT2D eigenvalue weighted by atomic mass is 35.5. The van der Waals surface area contributed by atoms with Crippen molar-refractivity contribution in [3.63, 3.8) is 0 Å². The molecule has 0 heterocycles. The second-order valence-corrected chi connectivity index (χ2v) is 6.12. The van der Waals surface area contributed by atoms with Gasteiger partial charge in [0.05, 0.1) is 5.02 Å². The molecule has 2 aromatic rings. The first-order valence-electron chi connectivity index (χ1n) is 6.19. The van der Waals surface area contributed by atoms with Crippen molar-refractivity contribution in [1.82, 2.24) is 0 Å². The lowest BCUT2D eigenvalue weighted by molar-refractivity contribution is -0.114. The number of ketones is 1. The van der Waals surface area contributed by atoms with Crippen LogP contribution in [0.5, 0.6) is 0 Å². The van der Waals surface area contributed by atoms with Gasteiger partial charge < -0.3 is 0 Å². The van der Waals surface area contributed by atoms with Gasteiger partial charge in [-0.25, -0.2) is 8.78 Å². The highest BCUT2D eigenvalue weighted by Crippen LogP contribution is 2.41. The number of hydrogen-bond acceptors (Lipinski definition) is 2. The van der Waals surface area contributed by atoms with E-state index in [1.807, 2.05) is 0 Å². The number of halogens is 3. The third kappa shape index (κ3) is 3.01. The van der Waals surface area contributed by atoms with E-state index in [0.29, 0.717) is 15.4 Å². The first-order valence-corrected chi connectivity index (χ1v) is 7.38. The smallest absolute Gasteiger partial charge is 0.161 e. The van der Waals surface area contributed by atoms with Gasteiger partial charge in [-0.05, 0) is 47.5 Å². The van der Waals surface area contributed by atoms with Gasteiger partial charge >= 0.3 is 0 Å². The molecule has 0 aliphatic heterocycles. The molecule has 0 N–H and O–H groups in total. The van der Waals surface area contributed by atoms with E-state index in [0.717, 1.165) is 5.56 Å². The molecule has 0 bridgehead atoms. The fraction of sp³-hybridized carbons (Fsp3) is 0.0625. The molecule has 0 amide bonds. The topological polar surface area (TPSA) is 17.1 Å². The predicted octanol–water partition coefficient (Wildman–Crippen LogP) is 4.88. The maximum absolute atomic E-state index is 13.4. The molecular weight excluding hydrogens is 314 g/mol. The number of rotatable bonds is 2. The monoisotopic (exact) mass is 322 g/mol. The van der Waals surface area contributed by atoms with Gasteiger partial charge in [-0.15, -0.1) is 0 Å². The van der Waals surface area contributed by atoms with Gasteiger partial charge in [0.1, 0.15) is 11.6 Å². The van der Waals surface area contributed by atoms with Gasteiger partial charge in [0.2, 0.25) is 0 Å². The van der Waals surface area contributed by atoms with Gasteiger partial charge in [0.15, 0.2) is 5.78 Å². The average molecular weight is 323 g/mol. The second kappa shape index (κ2) is 5.62. The van der Waals surface area contributed by atoms with Crippen molar-refractivity contribution in [2.75, 3.05) is 0 Å². The number of carbonyl (C=O) groups is 1. The van der Waals surface area contributed by atoms with Crippen LogP contribution in [-0.4, -0.2) is 5.78 Å². The van der Waals surface area contributed by atoms with E-state index in [4.69, 9.17) is 11.6 Å². The number of carbonyl (C=O) groups excluding carboxylic acids is 1. The minimum atomic E-state index is -0.426. The van der Waals surface area contributed by atoms with Crippen LogP contribution in [0.1, 0.15) is 11.1 Å². The number of benzene rings is 2. The SMILES string of the molecule is O=C1C=C(Sc2ccc(F)cc2Cl)c2cc(F)ccc2C1. The Morgan fingerprint density at radius 1 is 1.05 bits per heavy atom. The van der Waals surface area contributed by atoms with Crippen LogP contribution in [0.3, 0.4) is 0 Å². The Bertz CT molecular complexity index is 771. The van der Waals surface area contributed by atoms with Crippen LogP contribution < -0.4 is 0 Å². The molecule has 106 valence electrons. The van der Waals surface area contributed by atoms with Crippen LogP contribution in [0, 0.1) is 11.6 Å². The number of allylic oxidation sites excluding steroid dienone is 1. The maximum Gasteiger partial charge on any atom is 0.161 e. The van der Waals surface area contributed by atoms with E-state index in [1.165, 1.54) is 42.1 Å². The van der Waals surface area contributed by atoms with E-state index >= 15 is 0 Å². The molecule has 0 saturated heterocycles. The third-order valence-electron chi connectivity index (χ3n) is 3.11. The lowest BCUT2D eigenvalue weighted by atomic mass is 9.96. The van der Waals surface area contributed by atoms with E-state index < -0.39 is 5.82 Å². The molecule has 0 atom stereocenters. The Labute approximate surface area is 129 Å². The summed E-state index contributed by atoms with van der Waals surface area (Å²) in [5.74, 6) is -0.834. The molecule has 3 rings (SSSR count). The Morgan fingerprint density at radius 2 is 1.76 bits per heavy atom. The molecule has 2 aromatic carbocycles. The van der Waals surface area contributed by atoms with Crippen LogP contribution in [0.15, 0.2) is 47.4 Å². The zero-order valence-electron chi connectivity index (χ0n) is 10.7. The molecule has 5 heteroatoms. The van der Waals surface area contributed by atoms with Gasteiger partial charge in [0.25, 0.3) is 0 Å². The molecule has 21 heavy (non-hydrogen) atoms. The van der Waals surface area contributed by atoms with E-state index in [1.54, 1.807) is 12.1 Å². The fourth-order valence-corrected chi connectivity index (χ4v) is 3.46. The molecule has 1 nitrogen and oxygen atoms in total. The highest BCUT2D eigenvalue weighted by molar-refractivity contribution is 8.08. The zero-order chi connectivity index (χ0) is 15.0. The van der Waals surface area contributed by atoms with Crippen molar-refractivity contribution in [2.45, 2.75) is 11.3 Å². The number of fused-ring (bicyclic) bond motifs is 1. The lowest BCUT2D eigenvalue weighted by Crippen LogP contribution is -2.08. The summed E-state index contributed by atoms with van der Waals surface area (Å²) < 4.78 is 26.5. The summed E-state index contributed by atoms with van der Waals surface area (Å²) in [6.45, 7) is 0. The molecule has 0 radical (unpaired) electrons. The number of hydrogen-bond donors (Lipinski definition) is 0. The first-order chi connectivity index (χ1) is 10.0. The summed E-state index contributed by atoms with van der Waals surface area (Å²) >= 11 is 7.23. The summed E-state index contributed by atoms with van der Waals surface area (Å²) in [6, 6.07) is 8.40. The number of thioether (sulfide) groups is 1. The summed E-state index contributed by atoms with van der Waals surface area (Å²) in [4.78, 5) is 13.0. The van der Waals surface area contributed by atoms with Crippen molar-refractivity contribution >= 4 is 34.1 Å². The molecule has 0 spiro atoms. The van der Waals surface area contributed by atoms with Crippen molar-refractivity contribution in [2.24, 2.45) is 0 Å². The molecule has 0 saturated carbocycles. The summed E-state index contributed by atoms with van der Waals surface area (Å²) in [5.41, 5.74) is 1.46. The van der Waals surface area contributed by atoms with Gasteiger partial charge in [-0.1, -0.05) is 29.4 Å². The standard InChI is InChI=1S/C16H9ClF2OS/c17-14-7-11(19)3-4-15(14)21-16-8-12(20)5-9-1-2-10(18)6-13(9)16/h1-4,6-8H,5H2. The summed E-state index contributed by atoms with van der Waals surface area (Å²) in [6.07, 6.45) is 1.74. The van der Waals surface area contributed by atoms with Crippen LogP contribution >= 0.6 is 23.4 Å². The molecule has 0 aromatic heterocycles. The summed E-state index contributed by atoms with van der Waals surface area (Å²) in [5, 5.41) is 0.261. The second-order valence-electron chi connectivity index (χ2n) is 4.63. The van der Waals surface area contributed by atoms with Crippen LogP contribution in [0.2, 0.25) is 5.02 Å². The van der Waals surface area contributed by atoms with Gasteiger partial charge in [0, 0.05) is 16.2 Å². The minimum absolute atomic E-state index is 0.0464. The van der Waals surface area contributed by atoms with E-state index in [9.17, 15) is 13.6 Å². The quantitative estimate of drug-likeness (QED) is 0.784. The predicted molar refractivity (Wildman–Crippen MR) is 80.4 cm³/mol. The third-order valence-corrected chi connectivity index (χ3v) is 4.67. The molecular formula is C16H9ClF2OS. The van der Waals surface area contributed by atoms with Crippen LogP contribution in [0.4, 0.5) is 8.78 Å². The minimum Gasteiger partial charge on any atom is -0.294 e. The molecule has 0 unspecified atom stereocenters. The Hall–Kier alpha value is -1.65. The van der Waals surface area contributed by atoms with Gasteiger partial charge in [-0.3, -0.25) is 4.79 Å². The van der Waals surface area contributed by atoms with Crippen molar-refractivity contribution < 1.29 is 13.6 Å². The molecule has 0 fully saturated rings.